The number of nitrogens with one attached hydrogen (secondary N) is 1. The van der Waals surface area contributed by atoms with Crippen molar-refractivity contribution in [1.82, 2.24) is 10.2 Å². The number of hydrogen-bond donors (Lipinski definition) is 1. The van der Waals surface area contributed by atoms with Gasteiger partial charge in [0.25, 0.3) is 0 Å². The summed E-state index contributed by atoms with van der Waals surface area (Å²) in [5.41, 5.74) is -0.591. The lowest BCUT2D eigenvalue weighted by atomic mass is 9.93. The van der Waals surface area contributed by atoms with Crippen LogP contribution in [0.1, 0.15) is 26.2 Å². The van der Waals surface area contributed by atoms with E-state index >= 15 is 0 Å². The molecule has 5 nitrogen and oxygen atoms in total. The highest BCUT2D eigenvalue weighted by Gasteiger charge is 2.40. The van der Waals surface area contributed by atoms with Crippen LogP contribution < -0.4 is 5.32 Å². The Bertz CT molecular complexity index is 515. The maximum Gasteiger partial charge on any atom is 0.223 e. The van der Waals surface area contributed by atoms with Crippen molar-refractivity contribution < 1.29 is 13.2 Å². The Morgan fingerprint density at radius 2 is 2.10 bits per heavy atom. The van der Waals surface area contributed by atoms with Gasteiger partial charge in [-0.2, -0.15) is 0 Å². The van der Waals surface area contributed by atoms with Gasteiger partial charge in [-0.25, -0.2) is 8.42 Å². The van der Waals surface area contributed by atoms with Crippen LogP contribution in [-0.4, -0.2) is 55.9 Å². The number of rotatable bonds is 3. The Morgan fingerprint density at radius 1 is 1.45 bits per heavy atom. The van der Waals surface area contributed by atoms with Crippen LogP contribution in [0.2, 0.25) is 0 Å². The van der Waals surface area contributed by atoms with Gasteiger partial charge >= 0.3 is 0 Å². The molecule has 0 radical (unpaired) electrons. The molecule has 0 unspecified atom stereocenters. The molecule has 2 aliphatic rings. The second kappa shape index (κ2) is 5.74. The SMILES string of the molecule is C#CCN1CCC(C(=O)N[C@@]2(C)CCS(=O)(=O)C2)CC1. The molecule has 2 fully saturated rings. The topological polar surface area (TPSA) is 66.5 Å². The van der Waals surface area contributed by atoms with Crippen LogP contribution in [0, 0.1) is 18.3 Å². The number of hydrogen-bond acceptors (Lipinski definition) is 4. The van der Waals surface area contributed by atoms with Crippen LogP contribution in [0.4, 0.5) is 0 Å². The summed E-state index contributed by atoms with van der Waals surface area (Å²) in [6.07, 6.45) is 7.36. The highest BCUT2D eigenvalue weighted by atomic mass is 32.2. The lowest BCUT2D eigenvalue weighted by molar-refractivity contribution is -0.127. The molecule has 1 atom stereocenters. The zero-order chi connectivity index (χ0) is 14.8. The molecule has 112 valence electrons. The molecule has 0 aliphatic carbocycles. The third kappa shape index (κ3) is 3.74. The predicted molar refractivity (Wildman–Crippen MR) is 77.8 cm³/mol. The van der Waals surface area contributed by atoms with Crippen LogP contribution in [0.3, 0.4) is 0 Å². The fraction of sp³-hybridized carbons (Fsp3) is 0.786. The van der Waals surface area contributed by atoms with Gasteiger partial charge in [0.15, 0.2) is 9.84 Å². The molecule has 20 heavy (non-hydrogen) atoms. The van der Waals surface area contributed by atoms with E-state index < -0.39 is 15.4 Å². The van der Waals surface area contributed by atoms with Crippen molar-refractivity contribution in [1.29, 1.82) is 0 Å². The molecule has 0 aromatic heterocycles. The normalized spacial score (nSPS) is 30.8. The van der Waals surface area contributed by atoms with E-state index in [2.05, 4.69) is 16.1 Å². The van der Waals surface area contributed by atoms with Gasteiger partial charge in [0, 0.05) is 5.92 Å². The summed E-state index contributed by atoms with van der Waals surface area (Å²) >= 11 is 0. The highest BCUT2D eigenvalue weighted by molar-refractivity contribution is 7.91. The molecular formula is C14H22N2O3S. The first-order chi connectivity index (χ1) is 9.34. The van der Waals surface area contributed by atoms with E-state index in [4.69, 9.17) is 6.42 Å². The number of likely N-dealkylation sites (tertiary alicyclic amines) is 1. The maximum absolute atomic E-state index is 12.3. The third-order valence-electron chi connectivity index (χ3n) is 4.20. The number of amides is 1. The molecule has 0 aromatic rings. The van der Waals surface area contributed by atoms with Gasteiger partial charge in [-0.15, -0.1) is 6.42 Å². The number of carbonyl (C=O) groups excluding carboxylic acids is 1. The van der Waals surface area contributed by atoms with Crippen molar-refractivity contribution in [2.24, 2.45) is 5.92 Å². The number of carbonyl (C=O) groups is 1. The minimum atomic E-state index is -2.99. The smallest absolute Gasteiger partial charge is 0.223 e. The monoisotopic (exact) mass is 298 g/mol. The van der Waals surface area contributed by atoms with Gasteiger partial charge < -0.3 is 5.32 Å². The first kappa shape index (κ1) is 15.3. The molecule has 0 aromatic carbocycles. The van der Waals surface area contributed by atoms with Crippen LogP contribution in [0.15, 0.2) is 0 Å². The lowest BCUT2D eigenvalue weighted by Crippen LogP contribution is -2.50. The second-order valence-corrected chi connectivity index (χ2v) is 8.33. The zero-order valence-electron chi connectivity index (χ0n) is 11.9. The van der Waals surface area contributed by atoms with Gasteiger partial charge in [0.05, 0.1) is 23.6 Å². The zero-order valence-corrected chi connectivity index (χ0v) is 12.7. The number of terminal acetylenes is 1. The molecule has 1 N–H and O–H groups in total. The first-order valence-electron chi connectivity index (χ1n) is 7.02. The minimum absolute atomic E-state index is 0.00930. The fourth-order valence-corrected chi connectivity index (χ4v) is 5.08. The molecule has 2 rings (SSSR count). The molecule has 0 spiro atoms. The Morgan fingerprint density at radius 3 is 2.60 bits per heavy atom. The Kier molecular flexibility index (Phi) is 4.40. The van der Waals surface area contributed by atoms with Crippen molar-refractivity contribution in [3.05, 3.63) is 0 Å². The average molecular weight is 298 g/mol. The summed E-state index contributed by atoms with van der Waals surface area (Å²) in [5.74, 6) is 2.81. The molecule has 1 amide bonds. The Hall–Kier alpha value is -1.06. The van der Waals surface area contributed by atoms with Crippen LogP contribution in [0.25, 0.3) is 0 Å². The van der Waals surface area contributed by atoms with Crippen molar-refractivity contribution in [3.8, 4) is 12.3 Å². The van der Waals surface area contributed by atoms with Crippen molar-refractivity contribution in [3.63, 3.8) is 0 Å². The number of nitrogens with zero attached hydrogens (tertiary/aromatic N) is 1. The quantitative estimate of drug-likeness (QED) is 0.746. The van der Waals surface area contributed by atoms with Gasteiger partial charge in [-0.3, -0.25) is 9.69 Å². The number of sulfone groups is 1. The van der Waals surface area contributed by atoms with Crippen LogP contribution in [0.5, 0.6) is 0 Å². The molecule has 0 saturated carbocycles. The molecule has 2 aliphatic heterocycles. The summed E-state index contributed by atoms with van der Waals surface area (Å²) < 4.78 is 23.1. The van der Waals surface area contributed by atoms with Crippen LogP contribution in [-0.2, 0) is 14.6 Å². The Balaban J connectivity index is 1.86. The van der Waals surface area contributed by atoms with E-state index in [0.29, 0.717) is 13.0 Å². The van der Waals surface area contributed by atoms with E-state index in [-0.39, 0.29) is 23.3 Å². The van der Waals surface area contributed by atoms with Crippen molar-refractivity contribution in [2.75, 3.05) is 31.1 Å². The summed E-state index contributed by atoms with van der Waals surface area (Å²) in [5, 5.41) is 2.95. The van der Waals surface area contributed by atoms with Gasteiger partial charge in [0.2, 0.25) is 5.91 Å². The summed E-state index contributed by atoms with van der Waals surface area (Å²) in [7, 11) is -2.99. The van der Waals surface area contributed by atoms with E-state index in [0.717, 1.165) is 25.9 Å². The van der Waals surface area contributed by atoms with Crippen molar-refractivity contribution in [2.45, 2.75) is 31.7 Å². The fourth-order valence-electron chi connectivity index (χ4n) is 2.99. The standard InChI is InChI=1S/C14H22N2O3S/c1-3-7-16-8-4-12(5-9-16)13(17)15-14(2)6-10-20(18,19)11-14/h1,12H,4-11H2,2H3,(H,15,17)/t14-/m0/s1. The summed E-state index contributed by atoms with van der Waals surface area (Å²) in [6, 6.07) is 0. The van der Waals surface area contributed by atoms with E-state index in [1.165, 1.54) is 0 Å². The average Bonchev–Trinajstić information content (AvgIpc) is 2.64. The van der Waals surface area contributed by atoms with Gasteiger partial charge in [-0.1, -0.05) is 5.92 Å². The minimum Gasteiger partial charge on any atom is -0.350 e. The second-order valence-electron chi connectivity index (χ2n) is 6.15. The van der Waals surface area contributed by atoms with Crippen LogP contribution >= 0.6 is 0 Å². The summed E-state index contributed by atoms with van der Waals surface area (Å²) in [6.45, 7) is 4.11. The molecular weight excluding hydrogens is 276 g/mol. The largest absolute Gasteiger partial charge is 0.350 e. The Labute approximate surface area is 121 Å². The highest BCUT2D eigenvalue weighted by Crippen LogP contribution is 2.25. The maximum atomic E-state index is 12.3. The van der Waals surface area contributed by atoms with E-state index in [1.807, 2.05) is 6.92 Å². The number of piperidine rings is 1. The first-order valence-corrected chi connectivity index (χ1v) is 8.84. The third-order valence-corrected chi connectivity index (χ3v) is 6.10. The molecule has 6 heteroatoms. The lowest BCUT2D eigenvalue weighted by Gasteiger charge is -2.32. The summed E-state index contributed by atoms with van der Waals surface area (Å²) in [4.78, 5) is 14.4. The predicted octanol–water partition coefficient (Wildman–Crippen LogP) is 0.0250. The molecule has 2 saturated heterocycles. The van der Waals surface area contributed by atoms with Gasteiger partial charge in [-0.05, 0) is 39.3 Å². The molecule has 2 heterocycles. The van der Waals surface area contributed by atoms with Crippen molar-refractivity contribution >= 4 is 15.7 Å². The van der Waals surface area contributed by atoms with Gasteiger partial charge in [0.1, 0.15) is 0 Å². The molecule has 0 bridgehead atoms. The van der Waals surface area contributed by atoms with E-state index in [9.17, 15) is 13.2 Å². The van der Waals surface area contributed by atoms with E-state index in [1.54, 1.807) is 0 Å².